The monoisotopic (exact) mass is 352 g/mol. The standard InChI is InChI=1S/C20H33Br/c1-17(2)9-6-10-18(3)11-7-12-19(4)13-8-14-20(5)15-16-21/h9,11,13,15H,6-8,10,12,14,16H2,1-5H3/b18-11+,19-13+,20-15-. The topological polar surface area (TPSA) is 0 Å². The molecule has 0 fully saturated rings. The van der Waals surface area contributed by atoms with Crippen molar-refractivity contribution in [3.8, 4) is 0 Å². The van der Waals surface area contributed by atoms with Gasteiger partial charge in [-0.25, -0.2) is 0 Å². The summed E-state index contributed by atoms with van der Waals surface area (Å²) >= 11 is 3.44. The molecule has 0 saturated heterocycles. The number of hydrogen-bond acceptors (Lipinski definition) is 0. The van der Waals surface area contributed by atoms with Crippen LogP contribution in [0.2, 0.25) is 0 Å². The van der Waals surface area contributed by atoms with E-state index in [-0.39, 0.29) is 0 Å². The molecule has 120 valence electrons. The van der Waals surface area contributed by atoms with Gasteiger partial charge in [0, 0.05) is 5.33 Å². The van der Waals surface area contributed by atoms with Gasteiger partial charge in [0.25, 0.3) is 0 Å². The van der Waals surface area contributed by atoms with Crippen molar-refractivity contribution >= 4 is 15.9 Å². The molecule has 0 radical (unpaired) electrons. The summed E-state index contributed by atoms with van der Waals surface area (Å²) in [6.45, 7) is 11.1. The second-order valence-electron chi connectivity index (χ2n) is 6.20. The minimum Gasteiger partial charge on any atom is -0.0883 e. The maximum atomic E-state index is 3.44. The lowest BCUT2D eigenvalue weighted by Gasteiger charge is -2.02. The Morgan fingerprint density at radius 1 is 0.619 bits per heavy atom. The van der Waals surface area contributed by atoms with E-state index in [1.54, 1.807) is 0 Å². The van der Waals surface area contributed by atoms with Gasteiger partial charge in [0.1, 0.15) is 0 Å². The van der Waals surface area contributed by atoms with Gasteiger partial charge in [-0.2, -0.15) is 0 Å². The Morgan fingerprint density at radius 3 is 1.38 bits per heavy atom. The van der Waals surface area contributed by atoms with Crippen molar-refractivity contribution in [3.63, 3.8) is 0 Å². The highest BCUT2D eigenvalue weighted by atomic mass is 79.9. The molecule has 0 aliphatic heterocycles. The summed E-state index contributed by atoms with van der Waals surface area (Å²) < 4.78 is 0. The molecule has 0 bridgehead atoms. The SMILES string of the molecule is CC(C)=CCC/C(C)=C/CC/C(C)=C/CC/C(C)=C\CBr. The van der Waals surface area contributed by atoms with Gasteiger partial charge in [0.05, 0.1) is 0 Å². The first-order valence-electron chi connectivity index (χ1n) is 8.12. The Kier molecular flexibility index (Phi) is 12.8. The largest absolute Gasteiger partial charge is 0.0883 e. The lowest BCUT2D eigenvalue weighted by Crippen LogP contribution is -1.82. The molecule has 0 spiro atoms. The van der Waals surface area contributed by atoms with E-state index in [0.29, 0.717) is 0 Å². The van der Waals surface area contributed by atoms with Crippen molar-refractivity contribution in [1.29, 1.82) is 0 Å². The highest BCUT2D eigenvalue weighted by Crippen LogP contribution is 2.13. The third-order valence-electron chi connectivity index (χ3n) is 3.58. The van der Waals surface area contributed by atoms with E-state index in [1.807, 2.05) is 0 Å². The van der Waals surface area contributed by atoms with Crippen molar-refractivity contribution in [3.05, 3.63) is 46.6 Å². The molecule has 0 heterocycles. The molecule has 0 aliphatic carbocycles. The molecule has 21 heavy (non-hydrogen) atoms. The second-order valence-corrected chi connectivity index (χ2v) is 6.85. The minimum atomic E-state index is 0.971. The van der Waals surface area contributed by atoms with Crippen LogP contribution >= 0.6 is 15.9 Å². The Balaban J connectivity index is 3.93. The molecule has 0 N–H and O–H groups in total. The average molecular weight is 353 g/mol. The summed E-state index contributed by atoms with van der Waals surface area (Å²) in [5.74, 6) is 0. The summed E-state index contributed by atoms with van der Waals surface area (Å²) in [5, 5.41) is 0.971. The highest BCUT2D eigenvalue weighted by molar-refractivity contribution is 9.09. The molecule has 0 amide bonds. The number of halogens is 1. The number of hydrogen-bond donors (Lipinski definition) is 0. The van der Waals surface area contributed by atoms with E-state index in [2.05, 4.69) is 74.9 Å². The molecule has 0 atom stereocenters. The van der Waals surface area contributed by atoms with Gasteiger partial charge in [-0.15, -0.1) is 0 Å². The van der Waals surface area contributed by atoms with Crippen LogP contribution in [-0.2, 0) is 0 Å². The van der Waals surface area contributed by atoms with Gasteiger partial charge in [0.2, 0.25) is 0 Å². The van der Waals surface area contributed by atoms with Gasteiger partial charge < -0.3 is 0 Å². The summed E-state index contributed by atoms with van der Waals surface area (Å²) in [7, 11) is 0. The van der Waals surface area contributed by atoms with E-state index in [9.17, 15) is 0 Å². The molecule has 0 aromatic heterocycles. The quantitative estimate of drug-likeness (QED) is 0.281. The van der Waals surface area contributed by atoms with Gasteiger partial charge in [-0.3, -0.25) is 0 Å². The Hall–Kier alpha value is -0.560. The van der Waals surface area contributed by atoms with Crippen LogP contribution in [0.5, 0.6) is 0 Å². The van der Waals surface area contributed by atoms with E-state index >= 15 is 0 Å². The van der Waals surface area contributed by atoms with Crippen LogP contribution < -0.4 is 0 Å². The first-order valence-corrected chi connectivity index (χ1v) is 9.24. The first kappa shape index (κ1) is 20.4. The fourth-order valence-corrected chi connectivity index (χ4v) is 2.67. The molecule has 0 aromatic carbocycles. The van der Waals surface area contributed by atoms with E-state index in [0.717, 1.165) is 5.33 Å². The summed E-state index contributed by atoms with van der Waals surface area (Å²) in [6, 6.07) is 0. The zero-order chi connectivity index (χ0) is 16.1. The maximum Gasteiger partial charge on any atom is 0.0214 e. The molecule has 0 saturated carbocycles. The third-order valence-corrected chi connectivity index (χ3v) is 3.90. The van der Waals surface area contributed by atoms with Gasteiger partial charge in [-0.05, 0) is 73.1 Å². The van der Waals surface area contributed by atoms with Crippen LogP contribution in [0.25, 0.3) is 0 Å². The van der Waals surface area contributed by atoms with Crippen LogP contribution in [0.1, 0.15) is 73.1 Å². The molecule has 0 unspecified atom stereocenters. The molecule has 0 nitrogen and oxygen atoms in total. The lowest BCUT2D eigenvalue weighted by molar-refractivity contribution is 0.899. The van der Waals surface area contributed by atoms with Gasteiger partial charge in [0.15, 0.2) is 0 Å². The van der Waals surface area contributed by atoms with Crippen molar-refractivity contribution in [2.24, 2.45) is 0 Å². The fraction of sp³-hybridized carbons (Fsp3) is 0.600. The number of rotatable bonds is 10. The average Bonchev–Trinajstić information content (AvgIpc) is 2.38. The Labute approximate surface area is 141 Å². The van der Waals surface area contributed by atoms with Crippen LogP contribution in [-0.4, -0.2) is 5.33 Å². The molecular formula is C20H33Br. The molecular weight excluding hydrogens is 320 g/mol. The summed E-state index contributed by atoms with van der Waals surface area (Å²) in [6.07, 6.45) is 16.5. The van der Waals surface area contributed by atoms with E-state index in [4.69, 9.17) is 0 Å². The van der Waals surface area contributed by atoms with Crippen molar-refractivity contribution in [2.75, 3.05) is 5.33 Å². The third kappa shape index (κ3) is 14.2. The maximum absolute atomic E-state index is 3.44. The Morgan fingerprint density at radius 2 is 1.00 bits per heavy atom. The molecule has 0 aliphatic rings. The zero-order valence-corrected chi connectivity index (χ0v) is 16.2. The van der Waals surface area contributed by atoms with Crippen molar-refractivity contribution in [1.82, 2.24) is 0 Å². The van der Waals surface area contributed by atoms with Crippen LogP contribution in [0.15, 0.2) is 46.6 Å². The first-order chi connectivity index (χ1) is 9.95. The van der Waals surface area contributed by atoms with E-state index < -0.39 is 0 Å². The molecule has 0 aromatic rings. The van der Waals surface area contributed by atoms with Gasteiger partial charge >= 0.3 is 0 Å². The smallest absolute Gasteiger partial charge is 0.0214 e. The van der Waals surface area contributed by atoms with Gasteiger partial charge in [-0.1, -0.05) is 62.5 Å². The molecule has 1 heteroatoms. The summed E-state index contributed by atoms with van der Waals surface area (Å²) in [4.78, 5) is 0. The van der Waals surface area contributed by atoms with Crippen LogP contribution in [0, 0.1) is 0 Å². The van der Waals surface area contributed by atoms with Crippen molar-refractivity contribution in [2.45, 2.75) is 73.1 Å². The van der Waals surface area contributed by atoms with Crippen LogP contribution in [0.4, 0.5) is 0 Å². The predicted molar refractivity (Wildman–Crippen MR) is 102 cm³/mol. The number of alkyl halides is 1. The highest BCUT2D eigenvalue weighted by Gasteiger charge is 1.93. The Bertz CT molecular complexity index is 390. The minimum absolute atomic E-state index is 0.971. The second kappa shape index (κ2) is 13.1. The zero-order valence-electron chi connectivity index (χ0n) is 14.6. The fourth-order valence-electron chi connectivity index (χ4n) is 2.12. The molecule has 0 rings (SSSR count). The summed E-state index contributed by atoms with van der Waals surface area (Å²) in [5.41, 5.74) is 5.95. The normalized spacial score (nSPS) is 13.5. The van der Waals surface area contributed by atoms with E-state index in [1.165, 1.54) is 60.8 Å². The number of allylic oxidation sites excluding steroid dienone is 8. The predicted octanol–water partition coefficient (Wildman–Crippen LogP) is 7.53. The van der Waals surface area contributed by atoms with Crippen molar-refractivity contribution < 1.29 is 0 Å². The lowest BCUT2D eigenvalue weighted by atomic mass is 10.0. The van der Waals surface area contributed by atoms with Crippen LogP contribution in [0.3, 0.4) is 0 Å².